The minimum atomic E-state index is -0.828. The van der Waals surface area contributed by atoms with Crippen LogP contribution in [-0.4, -0.2) is 28.9 Å². The van der Waals surface area contributed by atoms with Crippen LogP contribution in [0.3, 0.4) is 0 Å². The summed E-state index contributed by atoms with van der Waals surface area (Å²) in [5.74, 6) is 0.159. The van der Waals surface area contributed by atoms with Crippen molar-refractivity contribution in [3.63, 3.8) is 0 Å². The van der Waals surface area contributed by atoms with E-state index in [2.05, 4.69) is 17.9 Å². The number of methoxy groups -OCH3 is 1. The highest BCUT2D eigenvalue weighted by molar-refractivity contribution is 7.80. The molecule has 39 heavy (non-hydrogen) atoms. The number of hydrogen-bond donors (Lipinski definition) is 3. The zero-order valence-electron chi connectivity index (χ0n) is 22.9. The summed E-state index contributed by atoms with van der Waals surface area (Å²) in [5.41, 5.74) is 4.89. The van der Waals surface area contributed by atoms with Crippen LogP contribution in [0.2, 0.25) is 0 Å². The molecule has 0 spiro atoms. The fourth-order valence-corrected chi connectivity index (χ4v) is 6.00. The molecule has 0 atom stereocenters. The second-order valence-electron chi connectivity index (χ2n) is 11.0. The average molecular weight is 550 g/mol. The number of carbonyl (C=O) groups is 1. The number of ether oxygens (including phenoxy) is 1. The number of phenols is 1. The van der Waals surface area contributed by atoms with Gasteiger partial charge in [0.05, 0.1) is 30.7 Å². The Balaban J connectivity index is 0.000000384. The normalized spacial score (nSPS) is 17.7. The van der Waals surface area contributed by atoms with Crippen molar-refractivity contribution in [3.05, 3.63) is 65.5 Å². The van der Waals surface area contributed by atoms with E-state index in [1.165, 1.54) is 44.2 Å². The van der Waals surface area contributed by atoms with Gasteiger partial charge < -0.3 is 15.2 Å². The van der Waals surface area contributed by atoms with E-state index in [1.54, 1.807) is 36.4 Å². The van der Waals surface area contributed by atoms with Crippen molar-refractivity contribution < 1.29 is 19.0 Å². The van der Waals surface area contributed by atoms with E-state index < -0.39 is 5.54 Å². The van der Waals surface area contributed by atoms with E-state index in [9.17, 15) is 14.3 Å². The van der Waals surface area contributed by atoms with Gasteiger partial charge in [-0.05, 0) is 75.1 Å². The molecular weight excluding hydrogens is 513 g/mol. The van der Waals surface area contributed by atoms with E-state index in [-0.39, 0.29) is 17.5 Å². The van der Waals surface area contributed by atoms with Crippen LogP contribution in [0.15, 0.2) is 48.5 Å². The van der Waals surface area contributed by atoms with Crippen molar-refractivity contribution >= 4 is 35.6 Å². The Morgan fingerprint density at radius 2 is 1.77 bits per heavy atom. The molecule has 1 aliphatic carbocycles. The highest BCUT2D eigenvalue weighted by Gasteiger charge is 2.47. The van der Waals surface area contributed by atoms with Crippen molar-refractivity contribution in [2.24, 2.45) is 0 Å². The zero-order chi connectivity index (χ0) is 27.9. The zero-order valence-corrected chi connectivity index (χ0v) is 23.8. The topological polar surface area (TPSA) is 65.0 Å². The third kappa shape index (κ3) is 5.14. The molecule has 1 fully saturated rings. The molecule has 0 aromatic heterocycles. The van der Waals surface area contributed by atoms with Crippen molar-refractivity contribution in [1.29, 1.82) is 0 Å². The summed E-state index contributed by atoms with van der Waals surface area (Å²) >= 11 is 4.36. The molecule has 0 unspecified atom stereocenters. The molecule has 2 heterocycles. The number of halogens is 1. The molecule has 3 aliphatic rings. The number of amides is 1. The quantitative estimate of drug-likeness (QED) is 0.301. The summed E-state index contributed by atoms with van der Waals surface area (Å²) in [6.45, 7) is 5.96. The van der Waals surface area contributed by atoms with Crippen molar-refractivity contribution in [3.8, 4) is 22.6 Å². The third-order valence-electron chi connectivity index (χ3n) is 7.72. The number of anilines is 3. The molecule has 0 radical (unpaired) electrons. The SMILES string of the molecule is COc1cc(O)ccc1-c1ccc2c3c1CN(c1cc(F)ccc1C)N3C(=O)C(C)(C)N2.SC1CCCCC1. The number of nitrogens with zero attached hydrogens (tertiary/aromatic N) is 2. The predicted molar refractivity (Wildman–Crippen MR) is 158 cm³/mol. The summed E-state index contributed by atoms with van der Waals surface area (Å²) in [4.78, 5) is 13.5. The molecule has 6 nitrogen and oxygen atoms in total. The average Bonchev–Trinajstić information content (AvgIpc) is 3.31. The molecule has 2 N–H and O–H groups in total. The molecule has 3 aromatic rings. The smallest absolute Gasteiger partial charge is 0.270 e. The summed E-state index contributed by atoms with van der Waals surface area (Å²) in [5, 5.41) is 17.5. The fraction of sp³-hybridized carbons (Fsp3) is 0.387. The Hall–Kier alpha value is -3.39. The summed E-state index contributed by atoms with van der Waals surface area (Å²) in [6, 6.07) is 13.5. The first-order valence-electron chi connectivity index (χ1n) is 13.5. The lowest BCUT2D eigenvalue weighted by atomic mass is 9.93. The molecule has 3 aromatic carbocycles. The van der Waals surface area contributed by atoms with Gasteiger partial charge in [-0.15, -0.1) is 0 Å². The van der Waals surface area contributed by atoms with Gasteiger partial charge >= 0.3 is 0 Å². The lowest BCUT2D eigenvalue weighted by Gasteiger charge is -2.41. The van der Waals surface area contributed by atoms with Crippen LogP contribution in [0.4, 0.5) is 21.5 Å². The minimum absolute atomic E-state index is 0.109. The van der Waals surface area contributed by atoms with Crippen molar-refractivity contribution in [2.45, 2.75) is 70.2 Å². The summed E-state index contributed by atoms with van der Waals surface area (Å²) in [6.07, 6.45) is 6.96. The van der Waals surface area contributed by atoms with Crippen LogP contribution >= 0.6 is 12.6 Å². The second kappa shape index (κ2) is 10.6. The number of benzene rings is 3. The maximum atomic E-state index is 14.2. The lowest BCUT2D eigenvalue weighted by molar-refractivity contribution is -0.122. The Labute approximate surface area is 235 Å². The van der Waals surface area contributed by atoms with E-state index in [1.807, 2.05) is 37.9 Å². The van der Waals surface area contributed by atoms with Gasteiger partial charge in [0.2, 0.25) is 0 Å². The molecule has 206 valence electrons. The van der Waals surface area contributed by atoms with Gasteiger partial charge in [0.15, 0.2) is 0 Å². The van der Waals surface area contributed by atoms with Crippen LogP contribution < -0.4 is 20.1 Å². The number of aryl methyl sites for hydroxylation is 1. The van der Waals surface area contributed by atoms with E-state index in [4.69, 9.17) is 4.74 Å². The van der Waals surface area contributed by atoms with E-state index in [0.717, 1.165) is 38.9 Å². The van der Waals surface area contributed by atoms with Gasteiger partial charge in [-0.25, -0.2) is 9.40 Å². The highest BCUT2D eigenvalue weighted by Crippen LogP contribution is 2.50. The highest BCUT2D eigenvalue weighted by atomic mass is 32.1. The molecule has 8 heteroatoms. The van der Waals surface area contributed by atoms with Gasteiger partial charge in [-0.1, -0.05) is 31.4 Å². The number of hydrogen-bond acceptors (Lipinski definition) is 6. The summed E-state index contributed by atoms with van der Waals surface area (Å²) < 4.78 is 19.7. The third-order valence-corrected chi connectivity index (χ3v) is 8.23. The van der Waals surface area contributed by atoms with E-state index >= 15 is 0 Å². The Morgan fingerprint density at radius 1 is 1.05 bits per heavy atom. The molecular formula is C31H36FN3O3S. The minimum Gasteiger partial charge on any atom is -0.508 e. The number of aromatic hydroxyl groups is 1. The van der Waals surface area contributed by atoms with Crippen molar-refractivity contribution in [1.82, 2.24) is 0 Å². The van der Waals surface area contributed by atoms with Gasteiger partial charge in [-0.3, -0.25) is 9.80 Å². The fourth-order valence-electron chi connectivity index (χ4n) is 5.64. The van der Waals surface area contributed by atoms with E-state index in [0.29, 0.717) is 18.0 Å². The molecule has 2 aliphatic heterocycles. The van der Waals surface area contributed by atoms with Crippen LogP contribution in [-0.2, 0) is 11.3 Å². The number of nitrogens with one attached hydrogen (secondary N) is 1. The summed E-state index contributed by atoms with van der Waals surface area (Å²) in [7, 11) is 1.55. The van der Waals surface area contributed by atoms with Gasteiger partial charge in [0, 0.05) is 22.4 Å². The maximum absolute atomic E-state index is 14.2. The number of thiol groups is 1. The molecule has 0 saturated heterocycles. The van der Waals surface area contributed by atoms with Crippen LogP contribution in [0, 0.1) is 12.7 Å². The first kappa shape index (κ1) is 27.2. The number of hydrazine groups is 1. The van der Waals surface area contributed by atoms with Crippen LogP contribution in [0.1, 0.15) is 57.1 Å². The monoisotopic (exact) mass is 549 g/mol. The molecule has 1 saturated carbocycles. The Bertz CT molecular complexity index is 1400. The maximum Gasteiger partial charge on any atom is 0.270 e. The molecule has 1 amide bonds. The first-order chi connectivity index (χ1) is 18.6. The number of phenolic OH excluding ortho intramolecular Hbond substituents is 1. The van der Waals surface area contributed by atoms with Crippen LogP contribution in [0.5, 0.6) is 11.5 Å². The number of carbonyl (C=O) groups excluding carboxylic acids is 1. The second-order valence-corrected chi connectivity index (χ2v) is 11.7. The first-order valence-corrected chi connectivity index (χ1v) is 14.0. The van der Waals surface area contributed by atoms with Gasteiger partial charge in [0.1, 0.15) is 22.9 Å². The van der Waals surface area contributed by atoms with Crippen molar-refractivity contribution in [2.75, 3.05) is 22.4 Å². The number of rotatable bonds is 3. The van der Waals surface area contributed by atoms with Gasteiger partial charge in [-0.2, -0.15) is 12.6 Å². The van der Waals surface area contributed by atoms with Gasteiger partial charge in [0.25, 0.3) is 5.91 Å². The lowest BCUT2D eigenvalue weighted by Crippen LogP contribution is -2.57. The predicted octanol–water partition coefficient (Wildman–Crippen LogP) is 7.24. The van der Waals surface area contributed by atoms with Crippen LogP contribution in [0.25, 0.3) is 11.1 Å². The molecule has 0 bridgehead atoms. The standard InChI is InChI=1S/C25H24FN3O3.C6H12S/c1-14-5-6-15(26)11-21(14)28-13-19-17(18-8-7-16(30)12-22(18)32-4)9-10-20-23(19)29(28)24(31)25(2,3)27-20;7-6-4-2-1-3-5-6/h5-12,27,30H,13H2,1-4H3;6-7H,1-5H2. The Kier molecular flexibility index (Phi) is 7.42. The Morgan fingerprint density at radius 3 is 2.44 bits per heavy atom. The largest absolute Gasteiger partial charge is 0.508 e. The molecule has 6 rings (SSSR count).